The molecule has 1 aromatic rings. The molecule has 0 saturated carbocycles. The minimum absolute atomic E-state index is 0.130. The number of hydrogen-bond donors (Lipinski definition) is 1. The van der Waals surface area contributed by atoms with Crippen molar-refractivity contribution in [2.24, 2.45) is 11.7 Å². The Hall–Kier alpha value is -2.44. The number of primary amides is 1. The van der Waals surface area contributed by atoms with Crippen molar-refractivity contribution in [2.75, 3.05) is 26.2 Å². The molecule has 118 valence electrons. The molecule has 0 bridgehead atoms. The van der Waals surface area contributed by atoms with Gasteiger partial charge in [0.1, 0.15) is 5.69 Å². The highest BCUT2D eigenvalue weighted by molar-refractivity contribution is 5.93. The molecule has 7 heteroatoms. The molecule has 1 unspecified atom stereocenters. The number of rotatable bonds is 2. The molecule has 1 aromatic heterocycles. The second-order valence-corrected chi connectivity index (χ2v) is 5.48. The fourth-order valence-electron chi connectivity index (χ4n) is 2.49. The molecule has 1 aliphatic heterocycles. The Labute approximate surface area is 129 Å². The number of aryl methyl sites for hydroxylation is 1. The van der Waals surface area contributed by atoms with E-state index in [0.717, 1.165) is 5.69 Å². The average molecular weight is 304 g/mol. The summed E-state index contributed by atoms with van der Waals surface area (Å²) >= 11 is 0. The van der Waals surface area contributed by atoms with Crippen LogP contribution in [0.5, 0.6) is 0 Å². The monoisotopic (exact) mass is 304 g/mol. The van der Waals surface area contributed by atoms with E-state index in [9.17, 15) is 14.4 Å². The standard InChI is InChI=1S/C15H20N4O3/c1-10-4-3-5-13(17-10)15(22)19-7-6-18(11(2)20)8-12(9-19)14(16)21/h3-5,12H,6-9H2,1-2H3,(H2,16,21). The molecule has 1 aliphatic rings. The maximum Gasteiger partial charge on any atom is 0.272 e. The number of nitrogens with two attached hydrogens (primary N) is 1. The van der Waals surface area contributed by atoms with Crippen molar-refractivity contribution in [3.8, 4) is 0 Å². The SMILES string of the molecule is CC(=O)N1CCN(C(=O)c2cccc(C)n2)CC(C(N)=O)C1. The summed E-state index contributed by atoms with van der Waals surface area (Å²) in [5, 5.41) is 0. The van der Waals surface area contributed by atoms with E-state index in [0.29, 0.717) is 18.8 Å². The van der Waals surface area contributed by atoms with Crippen LogP contribution < -0.4 is 5.73 Å². The molecular formula is C15H20N4O3. The minimum Gasteiger partial charge on any atom is -0.369 e. The largest absolute Gasteiger partial charge is 0.369 e. The third-order valence-electron chi connectivity index (χ3n) is 3.76. The van der Waals surface area contributed by atoms with Gasteiger partial charge in [0.05, 0.1) is 5.92 Å². The Morgan fingerprint density at radius 2 is 1.82 bits per heavy atom. The van der Waals surface area contributed by atoms with Crippen molar-refractivity contribution in [2.45, 2.75) is 13.8 Å². The molecule has 7 nitrogen and oxygen atoms in total. The van der Waals surface area contributed by atoms with Crippen molar-refractivity contribution in [1.82, 2.24) is 14.8 Å². The summed E-state index contributed by atoms with van der Waals surface area (Å²) in [5.41, 5.74) is 6.47. The molecule has 1 fully saturated rings. The molecule has 1 saturated heterocycles. The van der Waals surface area contributed by atoms with Gasteiger partial charge in [0.25, 0.3) is 5.91 Å². The third kappa shape index (κ3) is 3.60. The topological polar surface area (TPSA) is 96.6 Å². The van der Waals surface area contributed by atoms with E-state index in [1.807, 2.05) is 13.0 Å². The highest BCUT2D eigenvalue weighted by atomic mass is 16.2. The van der Waals surface area contributed by atoms with Gasteiger partial charge >= 0.3 is 0 Å². The average Bonchev–Trinajstić information content (AvgIpc) is 2.69. The van der Waals surface area contributed by atoms with Crippen molar-refractivity contribution >= 4 is 17.7 Å². The second kappa shape index (κ2) is 6.55. The van der Waals surface area contributed by atoms with Crippen LogP contribution in [-0.2, 0) is 9.59 Å². The fourth-order valence-corrected chi connectivity index (χ4v) is 2.49. The maximum absolute atomic E-state index is 12.6. The lowest BCUT2D eigenvalue weighted by molar-refractivity contribution is -0.130. The van der Waals surface area contributed by atoms with Crippen LogP contribution in [0.25, 0.3) is 0 Å². The molecule has 2 N–H and O–H groups in total. The van der Waals surface area contributed by atoms with Gasteiger partial charge in [-0.3, -0.25) is 14.4 Å². The Morgan fingerprint density at radius 3 is 2.41 bits per heavy atom. The molecular weight excluding hydrogens is 284 g/mol. The van der Waals surface area contributed by atoms with E-state index in [-0.39, 0.29) is 24.9 Å². The fraction of sp³-hybridized carbons (Fsp3) is 0.467. The van der Waals surface area contributed by atoms with Gasteiger partial charge in [-0.25, -0.2) is 4.98 Å². The van der Waals surface area contributed by atoms with Crippen LogP contribution in [0, 0.1) is 12.8 Å². The van der Waals surface area contributed by atoms with Crippen molar-refractivity contribution in [3.05, 3.63) is 29.6 Å². The van der Waals surface area contributed by atoms with Gasteiger partial charge in [-0.15, -0.1) is 0 Å². The van der Waals surface area contributed by atoms with E-state index < -0.39 is 11.8 Å². The Morgan fingerprint density at radius 1 is 1.18 bits per heavy atom. The van der Waals surface area contributed by atoms with Crippen LogP contribution in [0.15, 0.2) is 18.2 Å². The summed E-state index contributed by atoms with van der Waals surface area (Å²) in [6.45, 7) is 4.44. The number of nitrogens with zero attached hydrogens (tertiary/aromatic N) is 3. The number of hydrogen-bond acceptors (Lipinski definition) is 4. The maximum atomic E-state index is 12.6. The van der Waals surface area contributed by atoms with Gasteiger partial charge in [-0.05, 0) is 19.1 Å². The van der Waals surface area contributed by atoms with E-state index in [2.05, 4.69) is 4.98 Å². The van der Waals surface area contributed by atoms with Crippen LogP contribution in [-0.4, -0.2) is 58.7 Å². The summed E-state index contributed by atoms with van der Waals surface area (Å²) in [7, 11) is 0. The third-order valence-corrected chi connectivity index (χ3v) is 3.76. The van der Waals surface area contributed by atoms with Crippen LogP contribution in [0.4, 0.5) is 0 Å². The molecule has 0 aromatic carbocycles. The Bertz CT molecular complexity index is 602. The lowest BCUT2D eigenvalue weighted by Gasteiger charge is -2.22. The van der Waals surface area contributed by atoms with Crippen LogP contribution in [0.3, 0.4) is 0 Å². The van der Waals surface area contributed by atoms with Crippen LogP contribution in [0.2, 0.25) is 0 Å². The van der Waals surface area contributed by atoms with Gasteiger partial charge in [0.15, 0.2) is 0 Å². The summed E-state index contributed by atoms with van der Waals surface area (Å²) in [5.74, 6) is -1.46. The van der Waals surface area contributed by atoms with Gasteiger partial charge in [-0.2, -0.15) is 0 Å². The summed E-state index contributed by atoms with van der Waals surface area (Å²) in [6.07, 6.45) is 0. The smallest absolute Gasteiger partial charge is 0.272 e. The predicted molar refractivity (Wildman–Crippen MR) is 79.8 cm³/mol. The van der Waals surface area contributed by atoms with E-state index in [1.54, 1.807) is 21.9 Å². The lowest BCUT2D eigenvalue weighted by atomic mass is 10.1. The number of carbonyl (C=O) groups is 3. The Balaban J connectivity index is 2.21. The summed E-state index contributed by atoms with van der Waals surface area (Å²) < 4.78 is 0. The zero-order valence-corrected chi connectivity index (χ0v) is 12.8. The highest BCUT2D eigenvalue weighted by Crippen LogP contribution is 2.13. The molecule has 2 heterocycles. The quantitative estimate of drug-likeness (QED) is 0.818. The first-order chi connectivity index (χ1) is 10.4. The lowest BCUT2D eigenvalue weighted by Crippen LogP contribution is -2.41. The number of pyridine rings is 1. The molecule has 0 aliphatic carbocycles. The van der Waals surface area contributed by atoms with Gasteiger partial charge in [0, 0.05) is 38.8 Å². The molecule has 0 spiro atoms. The molecule has 1 atom stereocenters. The minimum atomic E-state index is -0.569. The number of aromatic nitrogens is 1. The predicted octanol–water partition coefficient (Wildman–Crippen LogP) is -0.204. The second-order valence-electron chi connectivity index (χ2n) is 5.48. The molecule has 3 amide bonds. The molecule has 2 rings (SSSR count). The van der Waals surface area contributed by atoms with Crippen molar-refractivity contribution in [3.63, 3.8) is 0 Å². The first kappa shape index (κ1) is 15.9. The van der Waals surface area contributed by atoms with Gasteiger partial charge < -0.3 is 15.5 Å². The van der Waals surface area contributed by atoms with Gasteiger partial charge in [-0.1, -0.05) is 6.07 Å². The Kier molecular flexibility index (Phi) is 4.75. The van der Waals surface area contributed by atoms with E-state index in [1.165, 1.54) is 6.92 Å². The normalized spacial score (nSPS) is 18.7. The number of carbonyl (C=O) groups excluding carboxylic acids is 3. The van der Waals surface area contributed by atoms with Crippen molar-refractivity contribution < 1.29 is 14.4 Å². The van der Waals surface area contributed by atoms with E-state index >= 15 is 0 Å². The van der Waals surface area contributed by atoms with E-state index in [4.69, 9.17) is 5.73 Å². The molecule has 22 heavy (non-hydrogen) atoms. The summed E-state index contributed by atoms with van der Waals surface area (Å²) in [6, 6.07) is 5.21. The zero-order chi connectivity index (χ0) is 16.3. The van der Waals surface area contributed by atoms with Crippen molar-refractivity contribution in [1.29, 1.82) is 0 Å². The molecule has 0 radical (unpaired) electrons. The number of amides is 3. The van der Waals surface area contributed by atoms with Crippen LogP contribution >= 0.6 is 0 Å². The highest BCUT2D eigenvalue weighted by Gasteiger charge is 2.30. The van der Waals surface area contributed by atoms with Gasteiger partial charge in [0.2, 0.25) is 11.8 Å². The summed E-state index contributed by atoms with van der Waals surface area (Å²) in [4.78, 5) is 43.0. The van der Waals surface area contributed by atoms with Crippen LogP contribution in [0.1, 0.15) is 23.1 Å². The first-order valence-electron chi connectivity index (χ1n) is 7.16. The first-order valence-corrected chi connectivity index (χ1v) is 7.16. The zero-order valence-electron chi connectivity index (χ0n) is 12.8.